The van der Waals surface area contributed by atoms with Crippen molar-refractivity contribution in [2.45, 2.75) is 32.2 Å². The quantitative estimate of drug-likeness (QED) is 0.0874. The molecule has 1 aromatic rings. The first kappa shape index (κ1) is 31.0. The number of amides is 3. The van der Waals surface area contributed by atoms with Crippen LogP contribution in [0.5, 0.6) is 0 Å². The summed E-state index contributed by atoms with van der Waals surface area (Å²) in [5.41, 5.74) is 4.45. The number of fused-ring (bicyclic) bond motifs is 1. The number of hydrogen-bond acceptors (Lipinski definition) is 15. The molecule has 4 N–H and O–H groups in total. The van der Waals surface area contributed by atoms with E-state index in [1.807, 2.05) is 0 Å². The van der Waals surface area contributed by atoms with Crippen molar-refractivity contribution in [1.29, 1.82) is 0 Å². The second-order valence-electron chi connectivity index (χ2n) is 10.2. The Balaban J connectivity index is 1.49. The molecule has 0 radical (unpaired) electrons. The van der Waals surface area contributed by atoms with E-state index in [1.54, 1.807) is 20.8 Å². The van der Waals surface area contributed by atoms with Crippen LogP contribution in [0.4, 0.5) is 9.93 Å². The van der Waals surface area contributed by atoms with E-state index in [0.29, 0.717) is 31.9 Å². The largest absolute Gasteiger partial charge is 0.445 e. The monoisotopic (exact) mass is 626 g/mol. The Kier molecular flexibility index (Phi) is 9.57. The molecule has 4 heterocycles. The summed E-state index contributed by atoms with van der Waals surface area (Å²) < 4.78 is 20.8. The predicted molar refractivity (Wildman–Crippen MR) is 147 cm³/mol. The van der Waals surface area contributed by atoms with Gasteiger partial charge in [-0.15, -0.1) is 23.1 Å². The van der Waals surface area contributed by atoms with Crippen molar-refractivity contribution in [3.63, 3.8) is 0 Å². The number of anilines is 1. The maximum atomic E-state index is 13.2. The van der Waals surface area contributed by atoms with Crippen LogP contribution in [0.3, 0.4) is 0 Å². The Bertz CT molecular complexity index is 1320. The standard InChI is InChI=1S/C24H30N6O10S2/c1-24(2,3)21(34)40-11-39-20(33)16-12(8-38-23(35)29-4-6-37-7-5-29)9-41-19-15(18(32)30(16)19)27-17(31)14(28-36)13-10-42-22(25)26-13/h10,15,19,36H,4-9,11H2,1-3H3,(H2,25,26)(H,27,31)/b28-14-/t15-,19-/m1/s1. The van der Waals surface area contributed by atoms with Gasteiger partial charge in [0.05, 0.1) is 18.6 Å². The van der Waals surface area contributed by atoms with Crippen molar-refractivity contribution in [2.75, 3.05) is 51.2 Å². The van der Waals surface area contributed by atoms with Crippen LogP contribution in [0.2, 0.25) is 0 Å². The van der Waals surface area contributed by atoms with Gasteiger partial charge in [-0.05, 0) is 20.8 Å². The molecule has 0 spiro atoms. The molecule has 18 heteroatoms. The summed E-state index contributed by atoms with van der Waals surface area (Å²) in [6, 6.07) is -1.09. The smallest absolute Gasteiger partial charge is 0.410 e. The van der Waals surface area contributed by atoms with E-state index >= 15 is 0 Å². The minimum atomic E-state index is -1.09. The Morgan fingerprint density at radius 3 is 2.55 bits per heavy atom. The molecule has 2 atom stereocenters. The Labute approximate surface area is 248 Å². The number of carbonyl (C=O) groups is 5. The predicted octanol–water partition coefficient (Wildman–Crippen LogP) is 0.116. The topological polar surface area (TPSA) is 212 Å². The van der Waals surface area contributed by atoms with Gasteiger partial charge in [0.15, 0.2) is 10.8 Å². The van der Waals surface area contributed by atoms with E-state index in [4.69, 9.17) is 24.7 Å². The molecule has 3 aliphatic rings. The molecule has 0 aliphatic carbocycles. The molecule has 0 aromatic carbocycles. The summed E-state index contributed by atoms with van der Waals surface area (Å²) in [6.07, 6.45) is -0.608. The maximum absolute atomic E-state index is 13.2. The Morgan fingerprint density at radius 1 is 1.21 bits per heavy atom. The number of oxime groups is 1. The number of carbonyl (C=O) groups excluding carboxylic acids is 5. The number of nitrogens with two attached hydrogens (primary N) is 1. The first-order valence-electron chi connectivity index (χ1n) is 12.7. The first-order chi connectivity index (χ1) is 19.9. The number of morpholine rings is 1. The molecule has 228 valence electrons. The highest BCUT2D eigenvalue weighted by Crippen LogP contribution is 2.41. The zero-order valence-electron chi connectivity index (χ0n) is 23.0. The lowest BCUT2D eigenvalue weighted by molar-refractivity contribution is -0.173. The summed E-state index contributed by atoms with van der Waals surface area (Å²) in [5, 5.41) is 15.7. The molecule has 4 rings (SSSR count). The van der Waals surface area contributed by atoms with E-state index in [9.17, 15) is 29.2 Å². The SMILES string of the molecule is CC(C)(C)C(=O)OCOC(=O)C1=C(COC(=O)N2CCOCC2)CS[C@@H]2[C@H](NC(=O)/C(=N\O)c3csc(N)n3)C(=O)N12. The highest BCUT2D eigenvalue weighted by Gasteiger charge is 2.55. The van der Waals surface area contributed by atoms with Gasteiger partial charge in [0.25, 0.3) is 11.8 Å². The van der Waals surface area contributed by atoms with Gasteiger partial charge in [-0.3, -0.25) is 19.3 Å². The lowest BCUT2D eigenvalue weighted by atomic mass is 9.98. The maximum Gasteiger partial charge on any atom is 0.410 e. The summed E-state index contributed by atoms with van der Waals surface area (Å²) in [6.45, 7) is 5.32. The molecule has 0 unspecified atom stereocenters. The number of nitrogens with one attached hydrogen (secondary N) is 1. The second kappa shape index (κ2) is 13.0. The van der Waals surface area contributed by atoms with Crippen molar-refractivity contribution in [1.82, 2.24) is 20.1 Å². The van der Waals surface area contributed by atoms with E-state index in [-0.39, 0.29) is 28.9 Å². The number of ether oxygens (including phenoxy) is 4. The van der Waals surface area contributed by atoms with Crippen LogP contribution in [-0.2, 0) is 38.1 Å². The van der Waals surface area contributed by atoms with Crippen molar-refractivity contribution < 1.29 is 48.1 Å². The molecule has 2 fully saturated rings. The number of esters is 2. The third-order valence-electron chi connectivity index (χ3n) is 6.24. The minimum Gasteiger partial charge on any atom is -0.445 e. The molecule has 0 bridgehead atoms. The normalized spacial score (nSPS) is 20.8. The van der Waals surface area contributed by atoms with E-state index < -0.39 is 59.2 Å². The van der Waals surface area contributed by atoms with Gasteiger partial charge in [0.2, 0.25) is 6.79 Å². The fourth-order valence-corrected chi connectivity index (χ4v) is 5.88. The molecule has 3 aliphatic heterocycles. The van der Waals surface area contributed by atoms with Crippen LogP contribution in [0.25, 0.3) is 0 Å². The summed E-state index contributed by atoms with van der Waals surface area (Å²) in [5.74, 6) is -2.98. The van der Waals surface area contributed by atoms with Gasteiger partial charge in [0.1, 0.15) is 29.4 Å². The third kappa shape index (κ3) is 6.76. The highest BCUT2D eigenvalue weighted by atomic mass is 32.2. The molecular formula is C24H30N6O10S2. The molecule has 2 saturated heterocycles. The number of thioether (sulfide) groups is 1. The molecule has 3 amide bonds. The first-order valence-corrected chi connectivity index (χ1v) is 14.6. The van der Waals surface area contributed by atoms with Crippen LogP contribution in [0.15, 0.2) is 21.8 Å². The average Bonchev–Trinajstić information content (AvgIpc) is 3.39. The summed E-state index contributed by atoms with van der Waals surface area (Å²) >= 11 is 2.25. The summed E-state index contributed by atoms with van der Waals surface area (Å²) in [4.78, 5) is 70.4. The van der Waals surface area contributed by atoms with Crippen LogP contribution >= 0.6 is 23.1 Å². The Morgan fingerprint density at radius 2 is 1.93 bits per heavy atom. The fraction of sp³-hybridized carbons (Fsp3) is 0.542. The van der Waals surface area contributed by atoms with Gasteiger partial charge in [-0.1, -0.05) is 5.16 Å². The summed E-state index contributed by atoms with van der Waals surface area (Å²) in [7, 11) is 0. The van der Waals surface area contributed by atoms with Crippen LogP contribution in [-0.4, -0.2) is 112 Å². The van der Waals surface area contributed by atoms with Crippen molar-refractivity contribution >= 4 is 63.8 Å². The number of β-lactam (4-membered cyclic amide) rings is 1. The molecular weight excluding hydrogens is 596 g/mol. The number of aromatic nitrogens is 1. The average molecular weight is 627 g/mol. The fourth-order valence-electron chi connectivity index (χ4n) is 4.01. The van der Waals surface area contributed by atoms with E-state index in [1.165, 1.54) is 22.0 Å². The molecule has 1 aromatic heterocycles. The molecule has 0 saturated carbocycles. The van der Waals surface area contributed by atoms with Gasteiger partial charge in [-0.25, -0.2) is 14.6 Å². The lowest BCUT2D eigenvalue weighted by Gasteiger charge is -2.49. The van der Waals surface area contributed by atoms with Gasteiger partial charge in [0, 0.05) is 29.8 Å². The van der Waals surface area contributed by atoms with Crippen LogP contribution < -0.4 is 11.1 Å². The number of rotatable bonds is 8. The molecule has 16 nitrogen and oxygen atoms in total. The van der Waals surface area contributed by atoms with E-state index in [2.05, 4.69) is 15.5 Å². The van der Waals surface area contributed by atoms with Gasteiger partial charge >= 0.3 is 18.0 Å². The number of hydrogen-bond donors (Lipinski definition) is 3. The zero-order valence-corrected chi connectivity index (χ0v) is 24.6. The molecule has 42 heavy (non-hydrogen) atoms. The van der Waals surface area contributed by atoms with Gasteiger partial charge in [-0.2, -0.15) is 0 Å². The Hall–Kier alpha value is -3.90. The van der Waals surface area contributed by atoms with E-state index in [0.717, 1.165) is 16.2 Å². The van der Waals surface area contributed by atoms with Crippen molar-refractivity contribution in [2.24, 2.45) is 10.6 Å². The van der Waals surface area contributed by atoms with Crippen molar-refractivity contribution in [3.8, 4) is 0 Å². The highest BCUT2D eigenvalue weighted by molar-refractivity contribution is 8.00. The second-order valence-corrected chi connectivity index (χ2v) is 12.2. The lowest BCUT2D eigenvalue weighted by Crippen LogP contribution is -2.71. The number of nitrogen functional groups attached to an aromatic ring is 1. The van der Waals surface area contributed by atoms with Crippen LogP contribution in [0, 0.1) is 5.41 Å². The number of thiazole rings is 1. The van der Waals surface area contributed by atoms with Crippen LogP contribution in [0.1, 0.15) is 26.5 Å². The number of nitrogens with zero attached hydrogens (tertiary/aromatic N) is 4. The van der Waals surface area contributed by atoms with Crippen molar-refractivity contribution in [3.05, 3.63) is 22.3 Å². The minimum absolute atomic E-state index is 0.0239. The third-order valence-corrected chi connectivity index (χ3v) is 8.25. The zero-order chi connectivity index (χ0) is 30.6. The van der Waals surface area contributed by atoms with Gasteiger partial charge < -0.3 is 40.1 Å².